The Kier molecular flexibility index (Phi) is 5.65. The van der Waals surface area contributed by atoms with Crippen molar-refractivity contribution in [2.24, 2.45) is 0 Å². The molecule has 2 aromatic rings. The van der Waals surface area contributed by atoms with E-state index < -0.39 is 6.10 Å². The van der Waals surface area contributed by atoms with Gasteiger partial charge < -0.3 is 10.1 Å². The summed E-state index contributed by atoms with van der Waals surface area (Å²) >= 11 is 0. The molecule has 1 aliphatic rings. The predicted molar refractivity (Wildman–Crippen MR) is 106 cm³/mol. The Labute approximate surface area is 156 Å². The molecule has 0 aromatic heterocycles. The molecule has 0 radical (unpaired) electrons. The van der Waals surface area contributed by atoms with Gasteiger partial charge in [0.1, 0.15) is 5.75 Å². The molecule has 1 aliphatic carbocycles. The minimum absolute atomic E-state index is 0.0230. The summed E-state index contributed by atoms with van der Waals surface area (Å²) in [5.41, 5.74) is 6.31. The van der Waals surface area contributed by atoms with E-state index in [0.29, 0.717) is 6.42 Å². The Morgan fingerprint density at radius 1 is 1.12 bits per heavy atom. The van der Waals surface area contributed by atoms with E-state index in [1.165, 1.54) is 35.1 Å². The van der Waals surface area contributed by atoms with Crippen molar-refractivity contribution in [2.45, 2.75) is 65.5 Å². The maximum Gasteiger partial charge on any atom is 0.261 e. The van der Waals surface area contributed by atoms with Gasteiger partial charge in [0, 0.05) is 0 Å². The lowest BCUT2D eigenvalue weighted by Gasteiger charge is -2.22. The Morgan fingerprint density at radius 3 is 2.62 bits per heavy atom. The first-order valence-corrected chi connectivity index (χ1v) is 9.64. The standard InChI is InChI=1S/C23H29NO2/c1-5-21(26-22-12-9-15(2)13-16(22)3)23(25)24-17(4)19-11-10-18-7-6-8-20(18)14-19/h9-14,17,21H,5-8H2,1-4H3,(H,24,25)/t17-,21-/m1/s1. The number of benzene rings is 2. The zero-order valence-electron chi connectivity index (χ0n) is 16.3. The summed E-state index contributed by atoms with van der Waals surface area (Å²) in [5.74, 6) is 0.725. The second-order valence-corrected chi connectivity index (χ2v) is 7.40. The normalized spacial score (nSPS) is 15.2. The molecule has 1 amide bonds. The van der Waals surface area contributed by atoms with Gasteiger partial charge in [0.25, 0.3) is 5.91 Å². The maximum absolute atomic E-state index is 12.7. The van der Waals surface area contributed by atoms with E-state index in [-0.39, 0.29) is 11.9 Å². The first-order valence-electron chi connectivity index (χ1n) is 9.64. The smallest absolute Gasteiger partial charge is 0.261 e. The summed E-state index contributed by atoms with van der Waals surface area (Å²) in [4.78, 5) is 12.7. The highest BCUT2D eigenvalue weighted by Gasteiger charge is 2.22. The molecule has 0 bridgehead atoms. The maximum atomic E-state index is 12.7. The average molecular weight is 351 g/mol. The molecule has 3 nitrogen and oxygen atoms in total. The van der Waals surface area contributed by atoms with E-state index >= 15 is 0 Å². The van der Waals surface area contributed by atoms with Crippen molar-refractivity contribution in [3.63, 3.8) is 0 Å². The monoisotopic (exact) mass is 351 g/mol. The summed E-state index contributed by atoms with van der Waals surface area (Å²) in [6.07, 6.45) is 3.72. The Balaban J connectivity index is 1.66. The topological polar surface area (TPSA) is 38.3 Å². The summed E-state index contributed by atoms with van der Waals surface area (Å²) in [7, 11) is 0. The zero-order chi connectivity index (χ0) is 18.7. The first kappa shape index (κ1) is 18.5. The van der Waals surface area contributed by atoms with Gasteiger partial charge >= 0.3 is 0 Å². The molecule has 0 aliphatic heterocycles. The second kappa shape index (κ2) is 7.94. The van der Waals surface area contributed by atoms with E-state index in [1.807, 2.05) is 32.9 Å². The Hall–Kier alpha value is -2.29. The molecule has 0 unspecified atom stereocenters. The van der Waals surface area contributed by atoms with Crippen LogP contribution < -0.4 is 10.1 Å². The fraction of sp³-hybridized carbons (Fsp3) is 0.435. The number of nitrogens with one attached hydrogen (secondary N) is 1. The minimum Gasteiger partial charge on any atom is -0.480 e. The SMILES string of the molecule is CC[C@@H](Oc1ccc(C)cc1C)C(=O)N[C@H](C)c1ccc2c(c1)CCC2. The fourth-order valence-corrected chi connectivity index (χ4v) is 3.66. The summed E-state index contributed by atoms with van der Waals surface area (Å²) in [5, 5.41) is 3.13. The van der Waals surface area contributed by atoms with E-state index in [9.17, 15) is 4.79 Å². The van der Waals surface area contributed by atoms with Crippen molar-refractivity contribution in [2.75, 3.05) is 0 Å². The Morgan fingerprint density at radius 2 is 1.88 bits per heavy atom. The molecular formula is C23H29NO2. The average Bonchev–Trinajstić information content (AvgIpc) is 3.08. The predicted octanol–water partition coefficient (Wildman–Crippen LogP) is 4.83. The van der Waals surface area contributed by atoms with Gasteiger partial charge in [0.15, 0.2) is 6.10 Å². The van der Waals surface area contributed by atoms with Crippen molar-refractivity contribution in [1.29, 1.82) is 0 Å². The van der Waals surface area contributed by atoms with Crippen LogP contribution in [0.2, 0.25) is 0 Å². The first-order chi connectivity index (χ1) is 12.5. The molecule has 0 heterocycles. The summed E-state index contributed by atoms with van der Waals surface area (Å²) < 4.78 is 6.01. The molecule has 1 N–H and O–H groups in total. The lowest BCUT2D eigenvalue weighted by atomic mass is 10.0. The molecule has 2 atom stereocenters. The van der Waals surface area contributed by atoms with Crippen molar-refractivity contribution in [3.05, 3.63) is 64.2 Å². The van der Waals surface area contributed by atoms with Crippen molar-refractivity contribution < 1.29 is 9.53 Å². The quantitative estimate of drug-likeness (QED) is 0.810. The van der Waals surface area contributed by atoms with Crippen LogP contribution in [0.4, 0.5) is 0 Å². The second-order valence-electron chi connectivity index (χ2n) is 7.40. The largest absolute Gasteiger partial charge is 0.480 e. The number of ether oxygens (including phenoxy) is 1. The number of amides is 1. The minimum atomic E-state index is -0.478. The lowest BCUT2D eigenvalue weighted by molar-refractivity contribution is -0.128. The van der Waals surface area contributed by atoms with Gasteiger partial charge in [-0.05, 0) is 74.8 Å². The van der Waals surface area contributed by atoms with E-state index in [0.717, 1.165) is 17.7 Å². The third-order valence-electron chi connectivity index (χ3n) is 5.24. The molecule has 0 saturated carbocycles. The highest BCUT2D eigenvalue weighted by molar-refractivity contribution is 5.81. The molecule has 26 heavy (non-hydrogen) atoms. The molecule has 3 rings (SSSR count). The summed E-state index contributed by atoms with van der Waals surface area (Å²) in [6, 6.07) is 12.6. The van der Waals surface area contributed by atoms with Crippen molar-refractivity contribution >= 4 is 5.91 Å². The van der Waals surface area contributed by atoms with Crippen LogP contribution in [-0.2, 0) is 17.6 Å². The van der Waals surface area contributed by atoms with Crippen molar-refractivity contribution in [1.82, 2.24) is 5.32 Å². The molecule has 0 saturated heterocycles. The molecule has 3 heteroatoms. The highest BCUT2D eigenvalue weighted by atomic mass is 16.5. The van der Waals surface area contributed by atoms with Gasteiger partial charge in [-0.1, -0.05) is 42.8 Å². The Bertz CT molecular complexity index is 797. The number of hydrogen-bond donors (Lipinski definition) is 1. The number of carbonyl (C=O) groups excluding carboxylic acids is 1. The summed E-state index contributed by atoms with van der Waals surface area (Å²) in [6.45, 7) is 8.09. The number of carbonyl (C=O) groups is 1. The van der Waals surface area contributed by atoms with Crippen LogP contribution in [0.5, 0.6) is 5.75 Å². The lowest BCUT2D eigenvalue weighted by Crippen LogP contribution is -2.39. The van der Waals surface area contributed by atoms with Crippen LogP contribution in [0.3, 0.4) is 0 Å². The zero-order valence-corrected chi connectivity index (χ0v) is 16.3. The number of hydrogen-bond acceptors (Lipinski definition) is 2. The van der Waals surface area contributed by atoms with Crippen LogP contribution in [0.15, 0.2) is 36.4 Å². The number of rotatable bonds is 6. The third kappa shape index (κ3) is 4.09. The van der Waals surface area contributed by atoms with Crippen LogP contribution in [0.25, 0.3) is 0 Å². The number of aryl methyl sites for hydroxylation is 4. The van der Waals surface area contributed by atoms with Gasteiger partial charge in [-0.25, -0.2) is 0 Å². The molecule has 0 fully saturated rings. The van der Waals surface area contributed by atoms with Gasteiger partial charge in [0.2, 0.25) is 0 Å². The van der Waals surface area contributed by atoms with Gasteiger partial charge in [-0.2, -0.15) is 0 Å². The molecule has 0 spiro atoms. The van der Waals surface area contributed by atoms with Gasteiger partial charge in [0.05, 0.1) is 6.04 Å². The highest BCUT2D eigenvalue weighted by Crippen LogP contribution is 2.26. The number of fused-ring (bicyclic) bond motifs is 1. The van der Waals surface area contributed by atoms with Crippen LogP contribution in [0, 0.1) is 13.8 Å². The van der Waals surface area contributed by atoms with Crippen LogP contribution >= 0.6 is 0 Å². The molecular weight excluding hydrogens is 322 g/mol. The van der Waals surface area contributed by atoms with E-state index in [4.69, 9.17) is 4.74 Å². The third-order valence-corrected chi connectivity index (χ3v) is 5.24. The fourth-order valence-electron chi connectivity index (χ4n) is 3.66. The molecule has 2 aromatic carbocycles. The van der Waals surface area contributed by atoms with Crippen LogP contribution in [-0.4, -0.2) is 12.0 Å². The van der Waals surface area contributed by atoms with Gasteiger partial charge in [-0.3, -0.25) is 4.79 Å². The van der Waals surface area contributed by atoms with Crippen LogP contribution in [0.1, 0.15) is 60.5 Å². The molecule has 138 valence electrons. The van der Waals surface area contributed by atoms with Crippen molar-refractivity contribution in [3.8, 4) is 5.75 Å². The van der Waals surface area contributed by atoms with Gasteiger partial charge in [-0.15, -0.1) is 0 Å². The van der Waals surface area contributed by atoms with E-state index in [2.05, 4.69) is 36.5 Å². The van der Waals surface area contributed by atoms with E-state index in [1.54, 1.807) is 0 Å².